The van der Waals surface area contributed by atoms with E-state index in [1.807, 2.05) is 31.2 Å². The van der Waals surface area contributed by atoms with Crippen LogP contribution in [0, 0.1) is 6.92 Å². The molecule has 0 atom stereocenters. The zero-order chi connectivity index (χ0) is 19.8. The molecule has 1 N–H and O–H groups in total. The van der Waals surface area contributed by atoms with Crippen molar-refractivity contribution in [2.75, 3.05) is 29.9 Å². The normalized spacial score (nSPS) is 10.4. The van der Waals surface area contributed by atoms with E-state index in [0.29, 0.717) is 6.54 Å². The minimum absolute atomic E-state index is 0.00145. The minimum atomic E-state index is -0.215. The third-order valence-electron chi connectivity index (χ3n) is 4.49. The maximum Gasteiger partial charge on any atom is 0.244 e. The lowest BCUT2D eigenvalue weighted by atomic mass is 10.1. The second kappa shape index (κ2) is 9.71. The monoisotopic (exact) mass is 368 g/mol. The molecule has 2 rings (SSSR count). The molecule has 0 aliphatic heterocycles. The van der Waals surface area contributed by atoms with Gasteiger partial charge in [0.1, 0.15) is 6.54 Å². The standard InChI is InChI=1S/C21H28N4O2/c1-5-24(6-2)19-9-10-20(16(3)12-19)23-21(27)15-25(17(4)26)14-18-8-7-11-22-13-18/h7-13H,5-6,14-15H2,1-4H3,(H,23,27). The first-order valence-electron chi connectivity index (χ1n) is 9.24. The molecule has 0 fully saturated rings. The van der Waals surface area contributed by atoms with Crippen LogP contribution in [0.25, 0.3) is 0 Å². The third-order valence-corrected chi connectivity index (χ3v) is 4.49. The van der Waals surface area contributed by atoms with Crippen molar-refractivity contribution in [3.63, 3.8) is 0 Å². The van der Waals surface area contributed by atoms with Crippen LogP contribution < -0.4 is 10.2 Å². The van der Waals surface area contributed by atoms with Gasteiger partial charge in [0, 0.05) is 50.3 Å². The van der Waals surface area contributed by atoms with E-state index in [2.05, 4.69) is 35.1 Å². The van der Waals surface area contributed by atoms with Crippen molar-refractivity contribution in [3.8, 4) is 0 Å². The highest BCUT2D eigenvalue weighted by atomic mass is 16.2. The summed E-state index contributed by atoms with van der Waals surface area (Å²) in [6.07, 6.45) is 3.38. The summed E-state index contributed by atoms with van der Waals surface area (Å²) < 4.78 is 0. The number of carbonyl (C=O) groups is 2. The number of aryl methyl sites for hydroxylation is 1. The Balaban J connectivity index is 2.04. The van der Waals surface area contributed by atoms with Crippen LogP contribution in [-0.4, -0.2) is 41.3 Å². The average Bonchev–Trinajstić information content (AvgIpc) is 2.65. The van der Waals surface area contributed by atoms with E-state index in [1.54, 1.807) is 12.4 Å². The van der Waals surface area contributed by atoms with Crippen LogP contribution in [0.4, 0.5) is 11.4 Å². The first-order chi connectivity index (χ1) is 12.9. The summed E-state index contributed by atoms with van der Waals surface area (Å²) in [5.41, 5.74) is 3.79. The first-order valence-corrected chi connectivity index (χ1v) is 9.24. The van der Waals surface area contributed by atoms with Crippen molar-refractivity contribution in [2.24, 2.45) is 0 Å². The molecule has 0 bridgehead atoms. The summed E-state index contributed by atoms with van der Waals surface area (Å²) in [6.45, 7) is 9.90. The lowest BCUT2D eigenvalue weighted by molar-refractivity contribution is -0.133. The van der Waals surface area contributed by atoms with Gasteiger partial charge >= 0.3 is 0 Å². The minimum Gasteiger partial charge on any atom is -0.372 e. The number of nitrogens with one attached hydrogen (secondary N) is 1. The molecule has 0 saturated heterocycles. The molecule has 1 heterocycles. The van der Waals surface area contributed by atoms with Gasteiger partial charge in [-0.3, -0.25) is 14.6 Å². The molecule has 2 aromatic rings. The van der Waals surface area contributed by atoms with E-state index in [0.717, 1.165) is 35.6 Å². The van der Waals surface area contributed by atoms with Crippen molar-refractivity contribution in [1.29, 1.82) is 0 Å². The second-order valence-corrected chi connectivity index (χ2v) is 6.46. The quantitative estimate of drug-likeness (QED) is 0.777. The van der Waals surface area contributed by atoms with Gasteiger partial charge in [-0.1, -0.05) is 6.07 Å². The third kappa shape index (κ3) is 5.81. The molecule has 0 saturated carbocycles. The van der Waals surface area contributed by atoms with E-state index in [1.165, 1.54) is 11.8 Å². The van der Waals surface area contributed by atoms with Crippen LogP contribution in [0.2, 0.25) is 0 Å². The van der Waals surface area contributed by atoms with Crippen LogP contribution in [0.15, 0.2) is 42.7 Å². The summed E-state index contributed by atoms with van der Waals surface area (Å²) >= 11 is 0. The molecule has 0 radical (unpaired) electrons. The predicted octanol–water partition coefficient (Wildman–Crippen LogP) is 3.22. The smallest absolute Gasteiger partial charge is 0.244 e. The molecule has 0 unspecified atom stereocenters. The number of aromatic nitrogens is 1. The van der Waals surface area contributed by atoms with Gasteiger partial charge in [-0.25, -0.2) is 0 Å². The van der Waals surface area contributed by atoms with Crippen molar-refractivity contribution in [2.45, 2.75) is 34.2 Å². The molecule has 6 nitrogen and oxygen atoms in total. The van der Waals surface area contributed by atoms with Crippen LogP contribution >= 0.6 is 0 Å². The van der Waals surface area contributed by atoms with Crippen molar-refractivity contribution in [1.82, 2.24) is 9.88 Å². The number of benzene rings is 1. The van der Waals surface area contributed by atoms with Crippen LogP contribution in [0.3, 0.4) is 0 Å². The van der Waals surface area contributed by atoms with Crippen LogP contribution in [0.1, 0.15) is 31.9 Å². The number of hydrogen-bond acceptors (Lipinski definition) is 4. The highest BCUT2D eigenvalue weighted by molar-refractivity contribution is 5.95. The largest absolute Gasteiger partial charge is 0.372 e. The van der Waals surface area contributed by atoms with Crippen molar-refractivity contribution < 1.29 is 9.59 Å². The number of nitrogens with zero attached hydrogens (tertiary/aromatic N) is 3. The Kier molecular flexibility index (Phi) is 7.34. The SMILES string of the molecule is CCN(CC)c1ccc(NC(=O)CN(Cc2cccnc2)C(C)=O)c(C)c1. The zero-order valence-electron chi connectivity index (χ0n) is 16.5. The maximum atomic E-state index is 12.5. The van der Waals surface area contributed by atoms with Gasteiger partial charge in [-0.05, 0) is 56.2 Å². The van der Waals surface area contributed by atoms with Gasteiger partial charge in [-0.2, -0.15) is 0 Å². The molecule has 27 heavy (non-hydrogen) atoms. The van der Waals surface area contributed by atoms with E-state index in [4.69, 9.17) is 0 Å². The molecular formula is C21H28N4O2. The molecule has 2 amide bonds. The van der Waals surface area contributed by atoms with Crippen LogP contribution in [-0.2, 0) is 16.1 Å². The first kappa shape index (κ1) is 20.4. The fourth-order valence-electron chi connectivity index (χ4n) is 2.93. The number of pyridine rings is 1. The summed E-state index contributed by atoms with van der Waals surface area (Å²) in [7, 11) is 0. The molecule has 0 aliphatic carbocycles. The molecule has 144 valence electrons. The predicted molar refractivity (Wildman–Crippen MR) is 109 cm³/mol. The average molecular weight is 368 g/mol. The summed E-state index contributed by atoms with van der Waals surface area (Å²) in [6, 6.07) is 9.69. The number of anilines is 2. The van der Waals surface area contributed by atoms with E-state index in [9.17, 15) is 9.59 Å². The van der Waals surface area contributed by atoms with Gasteiger partial charge in [0.2, 0.25) is 11.8 Å². The van der Waals surface area contributed by atoms with Gasteiger partial charge < -0.3 is 15.1 Å². The second-order valence-electron chi connectivity index (χ2n) is 6.46. The number of carbonyl (C=O) groups excluding carboxylic acids is 2. The lowest BCUT2D eigenvalue weighted by Gasteiger charge is -2.23. The number of amides is 2. The Morgan fingerprint density at radius 2 is 1.89 bits per heavy atom. The van der Waals surface area contributed by atoms with Gasteiger partial charge in [-0.15, -0.1) is 0 Å². The summed E-state index contributed by atoms with van der Waals surface area (Å²) in [5, 5.41) is 2.92. The molecular weight excluding hydrogens is 340 g/mol. The zero-order valence-corrected chi connectivity index (χ0v) is 16.5. The Morgan fingerprint density at radius 3 is 2.44 bits per heavy atom. The van der Waals surface area contributed by atoms with Gasteiger partial charge in [0.15, 0.2) is 0 Å². The van der Waals surface area contributed by atoms with Gasteiger partial charge in [0.05, 0.1) is 0 Å². The topological polar surface area (TPSA) is 65.5 Å². The lowest BCUT2D eigenvalue weighted by Crippen LogP contribution is -2.36. The maximum absolute atomic E-state index is 12.5. The molecule has 6 heteroatoms. The Bertz CT molecular complexity index is 773. The van der Waals surface area contributed by atoms with Crippen LogP contribution in [0.5, 0.6) is 0 Å². The van der Waals surface area contributed by atoms with E-state index in [-0.39, 0.29) is 18.4 Å². The highest BCUT2D eigenvalue weighted by Crippen LogP contribution is 2.22. The molecule has 1 aromatic carbocycles. The fourth-order valence-corrected chi connectivity index (χ4v) is 2.93. The number of rotatable bonds is 8. The fraction of sp³-hybridized carbons (Fsp3) is 0.381. The van der Waals surface area contributed by atoms with Gasteiger partial charge in [0.25, 0.3) is 0 Å². The van der Waals surface area contributed by atoms with Crippen molar-refractivity contribution in [3.05, 3.63) is 53.9 Å². The Morgan fingerprint density at radius 1 is 1.15 bits per heavy atom. The molecule has 0 spiro atoms. The Labute approximate surface area is 161 Å². The number of hydrogen-bond donors (Lipinski definition) is 1. The van der Waals surface area contributed by atoms with E-state index < -0.39 is 0 Å². The van der Waals surface area contributed by atoms with E-state index >= 15 is 0 Å². The Hall–Kier alpha value is -2.89. The molecule has 0 aliphatic rings. The summed E-state index contributed by atoms with van der Waals surface area (Å²) in [5.74, 6) is -0.365. The summed E-state index contributed by atoms with van der Waals surface area (Å²) in [4.78, 5) is 32.2. The highest BCUT2D eigenvalue weighted by Gasteiger charge is 2.15. The molecule has 1 aromatic heterocycles. The van der Waals surface area contributed by atoms with Crippen molar-refractivity contribution >= 4 is 23.2 Å².